The summed E-state index contributed by atoms with van der Waals surface area (Å²) in [4.78, 5) is 13.4. The lowest BCUT2D eigenvalue weighted by Gasteiger charge is -2.13. The molecule has 8 heteroatoms. The molecule has 0 fully saturated rings. The van der Waals surface area contributed by atoms with E-state index >= 15 is 0 Å². The van der Waals surface area contributed by atoms with Crippen LogP contribution in [0.2, 0.25) is 0 Å². The van der Waals surface area contributed by atoms with Gasteiger partial charge in [-0.25, -0.2) is 15.0 Å². The number of nitrogens with one attached hydrogen (secondary N) is 3. The van der Waals surface area contributed by atoms with E-state index < -0.39 is 0 Å². The predicted octanol–water partition coefficient (Wildman–Crippen LogP) is 2.88. The second kappa shape index (κ2) is 8.03. The van der Waals surface area contributed by atoms with E-state index in [4.69, 9.17) is 12.2 Å². The minimum atomic E-state index is -0.0563. The van der Waals surface area contributed by atoms with Crippen LogP contribution < -0.4 is 16.0 Å². The van der Waals surface area contributed by atoms with Crippen LogP contribution in [0.1, 0.15) is 18.1 Å². The fraction of sp³-hybridized carbons (Fsp3) is 0.222. The molecule has 2 aromatic heterocycles. The van der Waals surface area contributed by atoms with Crippen LogP contribution in [0.5, 0.6) is 0 Å². The van der Waals surface area contributed by atoms with Gasteiger partial charge < -0.3 is 21.1 Å². The van der Waals surface area contributed by atoms with Gasteiger partial charge in [0.2, 0.25) is 0 Å². The standard InChI is InChI=1S/C18H20N6OS/c1-3-19-18(26)24-14-8-7-13-17(22-14)23-15(9-20-13)21-16-11(2)5-4-6-12(16)10-25/h4-9,25H,3,10H2,1-2H3,(H3,19,21,22,23,24,26). The lowest BCUT2D eigenvalue weighted by Crippen LogP contribution is -2.28. The number of hydrogen-bond acceptors (Lipinski definition) is 6. The Kier molecular flexibility index (Phi) is 5.55. The van der Waals surface area contributed by atoms with Gasteiger partial charge in [-0.2, -0.15) is 0 Å². The number of pyridine rings is 1. The Bertz CT molecular complexity index is 946. The first kappa shape index (κ1) is 18.0. The van der Waals surface area contributed by atoms with Crippen LogP contribution in [-0.4, -0.2) is 31.7 Å². The van der Waals surface area contributed by atoms with E-state index in [9.17, 15) is 5.11 Å². The minimum absolute atomic E-state index is 0.0563. The summed E-state index contributed by atoms with van der Waals surface area (Å²) in [5.74, 6) is 1.15. The summed E-state index contributed by atoms with van der Waals surface area (Å²) >= 11 is 5.18. The number of thiocarbonyl (C=S) groups is 1. The van der Waals surface area contributed by atoms with Gasteiger partial charge in [-0.15, -0.1) is 0 Å². The lowest BCUT2D eigenvalue weighted by molar-refractivity contribution is 0.282. The van der Waals surface area contributed by atoms with E-state index in [0.29, 0.717) is 27.9 Å². The van der Waals surface area contributed by atoms with E-state index in [1.807, 2.05) is 38.1 Å². The molecule has 0 saturated heterocycles. The highest BCUT2D eigenvalue weighted by atomic mass is 32.1. The summed E-state index contributed by atoms with van der Waals surface area (Å²) in [7, 11) is 0. The van der Waals surface area contributed by atoms with Gasteiger partial charge in [-0.05, 0) is 43.8 Å². The molecule has 0 saturated carbocycles. The van der Waals surface area contributed by atoms with Crippen LogP contribution in [0.15, 0.2) is 36.5 Å². The van der Waals surface area contributed by atoms with Crippen molar-refractivity contribution in [3.8, 4) is 0 Å². The second-order valence-corrected chi connectivity index (χ2v) is 6.08. The molecule has 0 radical (unpaired) electrons. The fourth-order valence-electron chi connectivity index (χ4n) is 2.52. The van der Waals surface area contributed by atoms with Gasteiger partial charge in [-0.3, -0.25) is 0 Å². The maximum atomic E-state index is 9.54. The van der Waals surface area contributed by atoms with Crippen molar-refractivity contribution in [2.45, 2.75) is 20.5 Å². The number of nitrogens with zero attached hydrogens (tertiary/aromatic N) is 3. The number of benzene rings is 1. The molecule has 0 bridgehead atoms. The van der Waals surface area contributed by atoms with E-state index in [1.54, 1.807) is 12.3 Å². The van der Waals surface area contributed by atoms with Gasteiger partial charge in [0.05, 0.1) is 12.8 Å². The van der Waals surface area contributed by atoms with Crippen LogP contribution in [0.3, 0.4) is 0 Å². The van der Waals surface area contributed by atoms with E-state index in [0.717, 1.165) is 23.4 Å². The normalized spacial score (nSPS) is 10.6. The number of anilines is 3. The number of hydrogen-bond donors (Lipinski definition) is 4. The monoisotopic (exact) mass is 368 g/mol. The molecule has 26 heavy (non-hydrogen) atoms. The maximum Gasteiger partial charge on any atom is 0.182 e. The van der Waals surface area contributed by atoms with E-state index in [1.165, 1.54) is 0 Å². The summed E-state index contributed by atoms with van der Waals surface area (Å²) < 4.78 is 0. The lowest BCUT2D eigenvalue weighted by atomic mass is 10.1. The number of aromatic nitrogens is 3. The van der Waals surface area contributed by atoms with Crippen molar-refractivity contribution in [2.24, 2.45) is 0 Å². The van der Waals surface area contributed by atoms with Gasteiger partial charge in [0, 0.05) is 17.8 Å². The predicted molar refractivity (Wildman–Crippen MR) is 108 cm³/mol. The molecule has 1 aromatic carbocycles. The third-order valence-electron chi connectivity index (χ3n) is 3.77. The Labute approximate surface area is 156 Å². The molecule has 4 N–H and O–H groups in total. The average Bonchev–Trinajstić information content (AvgIpc) is 2.63. The highest BCUT2D eigenvalue weighted by molar-refractivity contribution is 7.80. The van der Waals surface area contributed by atoms with Crippen LogP contribution in [0.25, 0.3) is 11.2 Å². The molecule has 0 amide bonds. The van der Waals surface area contributed by atoms with E-state index in [2.05, 4.69) is 30.9 Å². The number of aliphatic hydroxyl groups is 1. The maximum absolute atomic E-state index is 9.54. The first-order valence-corrected chi connectivity index (χ1v) is 8.66. The van der Waals surface area contributed by atoms with Crippen molar-refractivity contribution in [3.63, 3.8) is 0 Å². The Morgan fingerprint density at radius 2 is 1.96 bits per heavy atom. The Balaban J connectivity index is 1.90. The molecule has 0 aliphatic carbocycles. The SMILES string of the molecule is CCNC(=S)Nc1ccc2ncc(Nc3c(C)cccc3CO)nc2n1. The van der Waals surface area contributed by atoms with Crippen LogP contribution >= 0.6 is 12.2 Å². The molecule has 134 valence electrons. The first-order valence-electron chi connectivity index (χ1n) is 8.25. The van der Waals surface area contributed by atoms with Gasteiger partial charge in [0.15, 0.2) is 16.6 Å². The van der Waals surface area contributed by atoms with Gasteiger partial charge in [0.25, 0.3) is 0 Å². The van der Waals surface area contributed by atoms with Crippen molar-refractivity contribution in [1.29, 1.82) is 0 Å². The minimum Gasteiger partial charge on any atom is -0.392 e. The Morgan fingerprint density at radius 3 is 2.73 bits per heavy atom. The number of rotatable bonds is 5. The van der Waals surface area contributed by atoms with Crippen molar-refractivity contribution in [2.75, 3.05) is 17.2 Å². The van der Waals surface area contributed by atoms with Crippen molar-refractivity contribution in [3.05, 3.63) is 47.7 Å². The Hall–Kier alpha value is -2.84. The van der Waals surface area contributed by atoms with Crippen LogP contribution in [-0.2, 0) is 6.61 Å². The molecule has 0 atom stereocenters. The van der Waals surface area contributed by atoms with Crippen molar-refractivity contribution in [1.82, 2.24) is 20.3 Å². The zero-order chi connectivity index (χ0) is 18.5. The number of para-hydroxylation sites is 1. The van der Waals surface area contributed by atoms with E-state index in [-0.39, 0.29) is 6.61 Å². The van der Waals surface area contributed by atoms with Crippen LogP contribution in [0, 0.1) is 6.92 Å². The fourth-order valence-corrected chi connectivity index (χ4v) is 2.76. The third kappa shape index (κ3) is 4.04. The van der Waals surface area contributed by atoms with Gasteiger partial charge in [0.1, 0.15) is 11.3 Å². The first-order chi connectivity index (χ1) is 12.6. The average molecular weight is 368 g/mol. The molecular weight excluding hydrogens is 348 g/mol. The molecule has 2 heterocycles. The van der Waals surface area contributed by atoms with Crippen molar-refractivity contribution < 1.29 is 5.11 Å². The summed E-state index contributed by atoms with van der Waals surface area (Å²) in [6, 6.07) is 9.39. The topological polar surface area (TPSA) is 95.0 Å². The zero-order valence-corrected chi connectivity index (χ0v) is 15.4. The highest BCUT2D eigenvalue weighted by Crippen LogP contribution is 2.24. The quantitative estimate of drug-likeness (QED) is 0.511. The third-order valence-corrected chi connectivity index (χ3v) is 4.01. The number of aliphatic hydroxyl groups excluding tert-OH is 1. The summed E-state index contributed by atoms with van der Waals surface area (Å²) in [5.41, 5.74) is 3.82. The number of fused-ring (bicyclic) bond motifs is 1. The summed E-state index contributed by atoms with van der Waals surface area (Å²) in [5, 5.41) is 19.3. The molecular formula is C18H20N6OS. The van der Waals surface area contributed by atoms with Gasteiger partial charge >= 0.3 is 0 Å². The second-order valence-electron chi connectivity index (χ2n) is 5.67. The number of aryl methyl sites for hydroxylation is 1. The molecule has 0 aliphatic heterocycles. The largest absolute Gasteiger partial charge is 0.392 e. The molecule has 3 rings (SSSR count). The summed E-state index contributed by atoms with van der Waals surface area (Å²) in [6.45, 7) is 4.62. The smallest absolute Gasteiger partial charge is 0.182 e. The molecule has 0 unspecified atom stereocenters. The van der Waals surface area contributed by atoms with Crippen molar-refractivity contribution >= 4 is 45.8 Å². The summed E-state index contributed by atoms with van der Waals surface area (Å²) in [6.07, 6.45) is 1.65. The highest BCUT2D eigenvalue weighted by Gasteiger charge is 2.08. The zero-order valence-electron chi connectivity index (χ0n) is 14.6. The van der Waals surface area contributed by atoms with Crippen LogP contribution in [0.4, 0.5) is 17.3 Å². The Morgan fingerprint density at radius 1 is 1.15 bits per heavy atom. The molecule has 0 aliphatic rings. The van der Waals surface area contributed by atoms with Gasteiger partial charge in [-0.1, -0.05) is 18.2 Å². The molecule has 7 nitrogen and oxygen atoms in total. The molecule has 0 spiro atoms. The molecule has 3 aromatic rings.